The minimum Gasteiger partial charge on any atom is -0.462 e. The Morgan fingerprint density at radius 2 is 1.91 bits per heavy atom. The summed E-state index contributed by atoms with van der Waals surface area (Å²) in [5, 5.41) is 8.38. The summed E-state index contributed by atoms with van der Waals surface area (Å²) < 4.78 is 23.0. The Labute approximate surface area is 251 Å². The molecule has 0 aliphatic carbocycles. The average molecular weight is 589 g/mol. The number of rotatable bonds is 9. The van der Waals surface area contributed by atoms with Crippen LogP contribution in [-0.4, -0.2) is 87.3 Å². The van der Waals surface area contributed by atoms with Gasteiger partial charge in [0, 0.05) is 48.2 Å². The Morgan fingerprint density at radius 3 is 2.60 bits per heavy atom. The van der Waals surface area contributed by atoms with Gasteiger partial charge in [-0.1, -0.05) is 26.5 Å². The Hall–Kier alpha value is -4.25. The first-order valence-electron chi connectivity index (χ1n) is 14.9. The monoisotopic (exact) mass is 588 g/mol. The summed E-state index contributed by atoms with van der Waals surface area (Å²) in [5.41, 5.74) is 9.87. The van der Waals surface area contributed by atoms with Crippen LogP contribution >= 0.6 is 0 Å². The maximum Gasteiger partial charge on any atom is 0.319 e. The van der Waals surface area contributed by atoms with E-state index in [0.717, 1.165) is 29.7 Å². The lowest BCUT2D eigenvalue weighted by Gasteiger charge is -2.44. The molecule has 1 aliphatic heterocycles. The Kier molecular flexibility index (Phi) is 8.55. The van der Waals surface area contributed by atoms with E-state index in [1.54, 1.807) is 0 Å². The number of carbonyl (C=O) groups excluding carboxylic acids is 1. The first kappa shape index (κ1) is 30.2. The molecule has 5 rings (SSSR count). The predicted molar refractivity (Wildman–Crippen MR) is 170 cm³/mol. The average Bonchev–Trinajstić information content (AvgIpc) is 3.37. The van der Waals surface area contributed by atoms with E-state index >= 15 is 4.39 Å². The lowest BCUT2D eigenvalue weighted by molar-refractivity contribution is -0.128. The molecule has 1 fully saturated rings. The molecule has 2 aromatic heterocycles. The topological polar surface area (TPSA) is 116 Å². The molecule has 4 aromatic rings. The van der Waals surface area contributed by atoms with Crippen LogP contribution in [0.3, 0.4) is 0 Å². The summed E-state index contributed by atoms with van der Waals surface area (Å²) in [6, 6.07) is 5.69. The van der Waals surface area contributed by atoms with E-state index in [2.05, 4.69) is 45.4 Å². The van der Waals surface area contributed by atoms with E-state index in [4.69, 9.17) is 15.5 Å². The summed E-state index contributed by atoms with van der Waals surface area (Å²) in [6.07, 6.45) is 1.34. The number of aromatic nitrogens is 4. The number of aromatic amines is 1. The molecule has 0 radical (unpaired) electrons. The van der Waals surface area contributed by atoms with Crippen molar-refractivity contribution in [1.82, 2.24) is 30.0 Å². The predicted octanol–water partition coefficient (Wildman–Crippen LogP) is 4.84. The molecule has 0 saturated carbocycles. The zero-order chi connectivity index (χ0) is 31.0. The smallest absolute Gasteiger partial charge is 0.319 e. The van der Waals surface area contributed by atoms with Gasteiger partial charge in [-0.05, 0) is 70.1 Å². The highest BCUT2D eigenvalue weighted by molar-refractivity contribution is 6.06. The van der Waals surface area contributed by atoms with Crippen LogP contribution in [0.4, 0.5) is 16.0 Å². The number of piperazine rings is 1. The quantitative estimate of drug-likeness (QED) is 0.267. The molecule has 10 nitrogen and oxygen atoms in total. The molecule has 11 heteroatoms. The minimum absolute atomic E-state index is 0.0912. The molecule has 0 bridgehead atoms. The van der Waals surface area contributed by atoms with Gasteiger partial charge in [0.15, 0.2) is 11.6 Å². The first-order valence-corrected chi connectivity index (χ1v) is 14.9. The zero-order valence-electron chi connectivity index (χ0n) is 25.9. The second-order valence-corrected chi connectivity index (χ2v) is 11.3. The second-order valence-electron chi connectivity index (χ2n) is 11.3. The third kappa shape index (κ3) is 5.49. The van der Waals surface area contributed by atoms with E-state index in [-0.39, 0.29) is 29.5 Å². The SMILES string of the molecule is C=CC(=O)N1C[C@H](C)N(c2nc(OCCN(CC)CC)nc3c(F)c(-c4c(C)ccc5[nH]nc(N)c45)c(C)cc23)C[C@H]1C. The fraction of sp³-hybridized carbons (Fsp3) is 0.438. The number of anilines is 2. The largest absolute Gasteiger partial charge is 0.462 e. The molecule has 3 N–H and O–H groups in total. The van der Waals surface area contributed by atoms with Gasteiger partial charge in [-0.3, -0.25) is 9.89 Å². The molecule has 0 unspecified atom stereocenters. The summed E-state index contributed by atoms with van der Waals surface area (Å²) in [4.78, 5) is 28.2. The number of likely N-dealkylation sites (N-methyl/N-ethyl adjacent to an activating group) is 1. The van der Waals surface area contributed by atoms with E-state index in [1.165, 1.54) is 6.08 Å². The highest BCUT2D eigenvalue weighted by Gasteiger charge is 2.34. The van der Waals surface area contributed by atoms with Crippen LogP contribution in [0.25, 0.3) is 32.9 Å². The number of hydrogen-bond acceptors (Lipinski definition) is 8. The van der Waals surface area contributed by atoms with Crippen molar-refractivity contribution in [2.75, 3.05) is 50.0 Å². The number of halogens is 1. The molecule has 1 amide bonds. The second kappa shape index (κ2) is 12.2. The highest BCUT2D eigenvalue weighted by atomic mass is 19.1. The van der Waals surface area contributed by atoms with Crippen molar-refractivity contribution in [3.63, 3.8) is 0 Å². The summed E-state index contributed by atoms with van der Waals surface area (Å²) >= 11 is 0. The van der Waals surface area contributed by atoms with Crippen LogP contribution in [0.2, 0.25) is 0 Å². The van der Waals surface area contributed by atoms with Crippen LogP contribution in [0.1, 0.15) is 38.8 Å². The van der Waals surface area contributed by atoms with Gasteiger partial charge in [-0.15, -0.1) is 0 Å². The Morgan fingerprint density at radius 1 is 1.16 bits per heavy atom. The number of benzene rings is 2. The van der Waals surface area contributed by atoms with Crippen LogP contribution in [0.15, 0.2) is 30.9 Å². The summed E-state index contributed by atoms with van der Waals surface area (Å²) in [6.45, 7) is 19.6. The number of nitrogens with zero attached hydrogens (tertiary/aromatic N) is 6. The Balaban J connectivity index is 1.68. The van der Waals surface area contributed by atoms with Gasteiger partial charge >= 0.3 is 6.01 Å². The van der Waals surface area contributed by atoms with E-state index in [9.17, 15) is 4.79 Å². The number of H-pyrrole nitrogens is 1. The maximum absolute atomic E-state index is 16.9. The molecular weight excluding hydrogens is 547 g/mol. The van der Waals surface area contributed by atoms with E-state index in [1.807, 2.05) is 50.8 Å². The summed E-state index contributed by atoms with van der Waals surface area (Å²) in [5.74, 6) is 0.316. The zero-order valence-corrected chi connectivity index (χ0v) is 25.9. The number of hydrogen-bond donors (Lipinski definition) is 2. The van der Waals surface area contributed by atoms with Crippen LogP contribution in [0, 0.1) is 19.7 Å². The number of amides is 1. The molecule has 1 aliphatic rings. The molecule has 2 atom stereocenters. The van der Waals surface area contributed by atoms with E-state index < -0.39 is 5.82 Å². The lowest BCUT2D eigenvalue weighted by atomic mass is 9.91. The normalized spacial score (nSPS) is 17.3. The molecular formula is C32H41FN8O2. The van der Waals surface area contributed by atoms with Gasteiger partial charge in [-0.2, -0.15) is 15.1 Å². The number of ether oxygens (including phenoxy) is 1. The van der Waals surface area contributed by atoms with E-state index in [0.29, 0.717) is 59.8 Å². The first-order chi connectivity index (χ1) is 20.6. The third-order valence-corrected chi connectivity index (χ3v) is 8.55. The highest BCUT2D eigenvalue weighted by Crippen LogP contribution is 2.42. The minimum atomic E-state index is -0.468. The van der Waals surface area contributed by atoms with Crippen LogP contribution in [0.5, 0.6) is 6.01 Å². The van der Waals surface area contributed by atoms with Gasteiger partial charge in [-0.25, -0.2) is 4.39 Å². The molecule has 3 heterocycles. The number of fused-ring (bicyclic) bond motifs is 2. The van der Waals surface area contributed by atoms with Crippen LogP contribution < -0.4 is 15.4 Å². The van der Waals surface area contributed by atoms with Gasteiger partial charge in [0.05, 0.1) is 10.9 Å². The maximum atomic E-state index is 16.9. The van der Waals surface area contributed by atoms with Gasteiger partial charge < -0.3 is 25.2 Å². The molecule has 43 heavy (non-hydrogen) atoms. The molecule has 1 saturated heterocycles. The van der Waals surface area contributed by atoms with Crippen molar-refractivity contribution in [1.29, 1.82) is 0 Å². The Bertz CT molecular complexity index is 1680. The number of nitrogen functional groups attached to an aromatic ring is 1. The van der Waals surface area contributed by atoms with Gasteiger partial charge in [0.2, 0.25) is 5.91 Å². The van der Waals surface area contributed by atoms with Crippen molar-refractivity contribution >= 4 is 39.3 Å². The number of carbonyl (C=O) groups is 1. The van der Waals surface area contributed by atoms with Crippen molar-refractivity contribution in [3.8, 4) is 17.1 Å². The van der Waals surface area contributed by atoms with Gasteiger partial charge in [0.1, 0.15) is 17.9 Å². The third-order valence-electron chi connectivity index (χ3n) is 8.55. The fourth-order valence-corrected chi connectivity index (χ4v) is 6.12. The number of aryl methyl sites for hydroxylation is 2. The van der Waals surface area contributed by atoms with Crippen molar-refractivity contribution < 1.29 is 13.9 Å². The fourth-order valence-electron chi connectivity index (χ4n) is 6.12. The van der Waals surface area contributed by atoms with Crippen LogP contribution in [-0.2, 0) is 4.79 Å². The molecule has 2 aromatic carbocycles. The lowest BCUT2D eigenvalue weighted by Crippen LogP contribution is -2.58. The number of nitrogens with one attached hydrogen (secondary N) is 1. The number of nitrogens with two attached hydrogens (primary N) is 1. The van der Waals surface area contributed by atoms with Gasteiger partial charge in [0.25, 0.3) is 0 Å². The molecule has 0 spiro atoms. The standard InChI is InChI=1S/C32H41FN8O2/c1-8-24(42)40-16-21(7)41(17-20(40)6)31-22-15-19(5)26(25-18(4)11-12-23-27(25)30(34)38-37-23)28(33)29(22)35-32(36-31)43-14-13-39(9-2)10-3/h8,11-12,15,20-21H,1,9-10,13-14,16-17H2,2-7H3,(H3,34,37,38)/t20-,21+/m1/s1. The van der Waals surface area contributed by atoms with Crippen molar-refractivity contribution in [2.24, 2.45) is 0 Å². The van der Waals surface area contributed by atoms with Crippen molar-refractivity contribution in [2.45, 2.75) is 53.6 Å². The molecule has 228 valence electrons. The summed E-state index contributed by atoms with van der Waals surface area (Å²) in [7, 11) is 0. The van der Waals surface area contributed by atoms with Crippen molar-refractivity contribution in [3.05, 3.63) is 47.8 Å².